The van der Waals surface area contributed by atoms with Gasteiger partial charge in [0.2, 0.25) is 0 Å². The van der Waals surface area contributed by atoms with E-state index in [0.29, 0.717) is 21.3 Å². The normalized spacial score (nSPS) is 10.6. The molecule has 0 aliphatic heterocycles. The fourth-order valence-electron chi connectivity index (χ4n) is 2.36. The number of hydrogen-bond donors (Lipinski definition) is 2. The molecule has 28 heavy (non-hydrogen) atoms. The molecule has 0 fully saturated rings. The van der Waals surface area contributed by atoms with Gasteiger partial charge in [-0.1, -0.05) is 47.5 Å². The standard InChI is InChI=1S/C21H15Cl2N3O2/c22-16-9-5-14(6-10-16)13-24-26-21(28)18-3-1-2-4-19(18)25-20(27)15-7-11-17(23)12-8-15/h1-13H,(H,25,27)(H,26,28)/b24-13-. The second-order valence-electron chi connectivity index (χ2n) is 5.76. The van der Waals surface area contributed by atoms with Crippen LogP contribution in [0.5, 0.6) is 0 Å². The predicted molar refractivity (Wildman–Crippen MR) is 112 cm³/mol. The number of nitrogens with zero attached hydrogens (tertiary/aromatic N) is 1. The third kappa shape index (κ3) is 5.19. The highest BCUT2D eigenvalue weighted by Gasteiger charge is 2.13. The lowest BCUT2D eigenvalue weighted by atomic mass is 10.1. The van der Waals surface area contributed by atoms with E-state index in [4.69, 9.17) is 23.2 Å². The highest BCUT2D eigenvalue weighted by atomic mass is 35.5. The Labute approximate surface area is 172 Å². The SMILES string of the molecule is O=C(Nc1ccccc1C(=O)N/N=C\c1ccc(Cl)cc1)c1ccc(Cl)cc1. The van der Waals surface area contributed by atoms with Crippen LogP contribution in [0.15, 0.2) is 77.9 Å². The minimum Gasteiger partial charge on any atom is -0.321 e. The molecule has 2 amide bonds. The van der Waals surface area contributed by atoms with Gasteiger partial charge in [0, 0.05) is 15.6 Å². The predicted octanol–water partition coefficient (Wildman–Crippen LogP) is 5.01. The molecule has 0 saturated heterocycles. The smallest absolute Gasteiger partial charge is 0.273 e. The number of amides is 2. The highest BCUT2D eigenvalue weighted by Crippen LogP contribution is 2.17. The molecule has 3 aromatic rings. The van der Waals surface area contributed by atoms with Gasteiger partial charge in [0.1, 0.15) is 0 Å². The molecule has 0 aliphatic rings. The lowest BCUT2D eigenvalue weighted by Crippen LogP contribution is -2.21. The minimum absolute atomic E-state index is 0.290. The Morgan fingerprint density at radius 2 is 1.39 bits per heavy atom. The summed E-state index contributed by atoms with van der Waals surface area (Å²) in [4.78, 5) is 24.9. The van der Waals surface area contributed by atoms with Crippen LogP contribution in [0, 0.1) is 0 Å². The number of hydrogen-bond acceptors (Lipinski definition) is 3. The molecule has 0 aliphatic carbocycles. The quantitative estimate of drug-likeness (QED) is 0.457. The number of para-hydroxylation sites is 1. The first kappa shape index (κ1) is 19.6. The summed E-state index contributed by atoms with van der Waals surface area (Å²) in [5.74, 6) is -0.793. The zero-order chi connectivity index (χ0) is 19.9. The van der Waals surface area contributed by atoms with Gasteiger partial charge in [-0.15, -0.1) is 0 Å². The molecule has 5 nitrogen and oxygen atoms in total. The molecule has 0 atom stereocenters. The Hall–Kier alpha value is -3.15. The van der Waals surface area contributed by atoms with E-state index >= 15 is 0 Å². The fraction of sp³-hybridized carbons (Fsp3) is 0. The summed E-state index contributed by atoms with van der Waals surface area (Å²) in [7, 11) is 0. The van der Waals surface area contributed by atoms with E-state index in [1.165, 1.54) is 6.21 Å². The number of halogens is 2. The van der Waals surface area contributed by atoms with Gasteiger partial charge < -0.3 is 5.32 Å². The Kier molecular flexibility index (Phi) is 6.42. The van der Waals surface area contributed by atoms with Crippen molar-refractivity contribution in [3.63, 3.8) is 0 Å². The van der Waals surface area contributed by atoms with E-state index in [2.05, 4.69) is 15.8 Å². The van der Waals surface area contributed by atoms with E-state index in [-0.39, 0.29) is 11.5 Å². The molecule has 7 heteroatoms. The van der Waals surface area contributed by atoms with Gasteiger partial charge in [-0.3, -0.25) is 9.59 Å². The van der Waals surface area contributed by atoms with Crippen LogP contribution in [0.3, 0.4) is 0 Å². The Bertz CT molecular complexity index is 1020. The molecule has 0 saturated carbocycles. The molecule has 3 aromatic carbocycles. The fourth-order valence-corrected chi connectivity index (χ4v) is 2.61. The van der Waals surface area contributed by atoms with Crippen molar-refractivity contribution < 1.29 is 9.59 Å². The largest absolute Gasteiger partial charge is 0.321 e. The van der Waals surface area contributed by atoms with E-state index in [1.807, 2.05) is 0 Å². The summed E-state index contributed by atoms with van der Waals surface area (Å²) in [6.07, 6.45) is 1.50. The van der Waals surface area contributed by atoms with Gasteiger partial charge >= 0.3 is 0 Å². The second kappa shape index (κ2) is 9.17. The summed E-state index contributed by atoms with van der Waals surface area (Å²) in [6, 6.07) is 20.2. The van der Waals surface area contributed by atoms with Crippen LogP contribution >= 0.6 is 23.2 Å². The first-order chi connectivity index (χ1) is 13.5. The van der Waals surface area contributed by atoms with Crippen molar-refractivity contribution in [3.05, 3.63) is 99.5 Å². The summed E-state index contributed by atoms with van der Waals surface area (Å²) in [5.41, 5.74) is 4.34. The second-order valence-corrected chi connectivity index (χ2v) is 6.63. The lowest BCUT2D eigenvalue weighted by Gasteiger charge is -2.10. The average Bonchev–Trinajstić information content (AvgIpc) is 2.70. The summed E-state index contributed by atoms with van der Waals surface area (Å²) < 4.78 is 0. The Morgan fingerprint density at radius 1 is 0.786 bits per heavy atom. The Morgan fingerprint density at radius 3 is 2.07 bits per heavy atom. The third-order valence-corrected chi connectivity index (χ3v) is 4.28. The molecule has 0 unspecified atom stereocenters. The molecule has 0 radical (unpaired) electrons. The summed E-state index contributed by atoms with van der Waals surface area (Å²) in [5, 5.41) is 7.83. The number of hydrazone groups is 1. The van der Waals surface area contributed by atoms with Crippen LogP contribution in [-0.4, -0.2) is 18.0 Å². The molecular weight excluding hydrogens is 397 g/mol. The molecule has 0 heterocycles. The molecule has 0 bridgehead atoms. The number of nitrogens with one attached hydrogen (secondary N) is 2. The highest BCUT2D eigenvalue weighted by molar-refractivity contribution is 6.31. The first-order valence-corrected chi connectivity index (χ1v) is 9.03. The molecule has 2 N–H and O–H groups in total. The maximum absolute atomic E-state index is 12.5. The van der Waals surface area contributed by atoms with Crippen LogP contribution in [0.1, 0.15) is 26.3 Å². The van der Waals surface area contributed by atoms with Gasteiger partial charge in [-0.25, -0.2) is 5.43 Å². The van der Waals surface area contributed by atoms with Crippen molar-refractivity contribution in [1.82, 2.24) is 5.43 Å². The van der Waals surface area contributed by atoms with Crippen molar-refractivity contribution in [1.29, 1.82) is 0 Å². The number of benzene rings is 3. The number of rotatable bonds is 5. The zero-order valence-electron chi connectivity index (χ0n) is 14.5. The topological polar surface area (TPSA) is 70.6 Å². The van der Waals surface area contributed by atoms with Crippen LogP contribution < -0.4 is 10.7 Å². The van der Waals surface area contributed by atoms with Crippen LogP contribution in [0.25, 0.3) is 0 Å². The van der Waals surface area contributed by atoms with Crippen LogP contribution in [0.2, 0.25) is 10.0 Å². The van der Waals surface area contributed by atoms with Crippen molar-refractivity contribution >= 4 is 46.9 Å². The molecule has 0 aromatic heterocycles. The molecule has 140 valence electrons. The summed E-state index contributed by atoms with van der Waals surface area (Å²) in [6.45, 7) is 0. The summed E-state index contributed by atoms with van der Waals surface area (Å²) >= 11 is 11.7. The van der Waals surface area contributed by atoms with E-state index in [9.17, 15) is 9.59 Å². The monoisotopic (exact) mass is 411 g/mol. The van der Waals surface area contributed by atoms with Crippen LogP contribution in [-0.2, 0) is 0 Å². The molecule has 0 spiro atoms. The van der Waals surface area contributed by atoms with Gasteiger partial charge in [0.25, 0.3) is 11.8 Å². The van der Waals surface area contributed by atoms with E-state index in [0.717, 1.165) is 5.56 Å². The number of anilines is 1. The van der Waals surface area contributed by atoms with Gasteiger partial charge in [0.05, 0.1) is 17.5 Å². The van der Waals surface area contributed by atoms with E-state index in [1.54, 1.807) is 72.8 Å². The van der Waals surface area contributed by atoms with Gasteiger partial charge in [-0.2, -0.15) is 5.10 Å². The van der Waals surface area contributed by atoms with Gasteiger partial charge in [-0.05, 0) is 54.1 Å². The maximum atomic E-state index is 12.5. The first-order valence-electron chi connectivity index (χ1n) is 8.28. The lowest BCUT2D eigenvalue weighted by molar-refractivity contribution is 0.0956. The van der Waals surface area contributed by atoms with Gasteiger partial charge in [0.15, 0.2) is 0 Å². The number of carbonyl (C=O) groups is 2. The van der Waals surface area contributed by atoms with E-state index < -0.39 is 5.91 Å². The zero-order valence-corrected chi connectivity index (χ0v) is 16.0. The van der Waals surface area contributed by atoms with Crippen molar-refractivity contribution in [2.75, 3.05) is 5.32 Å². The van der Waals surface area contributed by atoms with Crippen molar-refractivity contribution in [2.24, 2.45) is 5.10 Å². The maximum Gasteiger partial charge on any atom is 0.273 e. The molecular formula is C21H15Cl2N3O2. The van der Waals surface area contributed by atoms with Crippen LogP contribution in [0.4, 0.5) is 5.69 Å². The number of carbonyl (C=O) groups excluding carboxylic acids is 2. The minimum atomic E-state index is -0.447. The Balaban J connectivity index is 1.70. The third-order valence-electron chi connectivity index (χ3n) is 3.78. The average molecular weight is 412 g/mol. The van der Waals surface area contributed by atoms with Crippen molar-refractivity contribution in [3.8, 4) is 0 Å². The van der Waals surface area contributed by atoms with Crippen molar-refractivity contribution in [2.45, 2.75) is 0 Å². The molecule has 3 rings (SSSR count).